The predicted molar refractivity (Wildman–Crippen MR) is 82.3 cm³/mol. The van der Waals surface area contributed by atoms with Crippen molar-refractivity contribution in [1.82, 2.24) is 0 Å². The Morgan fingerprint density at radius 2 is 1.75 bits per heavy atom. The van der Waals surface area contributed by atoms with Gasteiger partial charge < -0.3 is 0 Å². The third kappa shape index (κ3) is 3.85. The van der Waals surface area contributed by atoms with Crippen LogP contribution in [-0.4, -0.2) is 10.7 Å². The van der Waals surface area contributed by atoms with E-state index in [1.807, 2.05) is 11.3 Å². The molecular weight excluding hydrogens is 348 g/mol. The van der Waals surface area contributed by atoms with E-state index < -0.39 is 0 Å². The summed E-state index contributed by atoms with van der Waals surface area (Å²) < 4.78 is 0. The molecule has 0 amide bonds. The van der Waals surface area contributed by atoms with Crippen molar-refractivity contribution in [3.8, 4) is 0 Å². The van der Waals surface area contributed by atoms with Gasteiger partial charge in [-0.25, -0.2) is 0 Å². The van der Waals surface area contributed by atoms with E-state index in [-0.39, 0.29) is 0 Å². The van der Waals surface area contributed by atoms with E-state index >= 15 is 0 Å². The average Bonchev–Trinajstić information content (AvgIpc) is 2.76. The Balaban J connectivity index is 2.74. The predicted octanol–water partition coefficient (Wildman–Crippen LogP) is 5.43. The number of thiophene rings is 1. The first kappa shape index (κ1) is 14.7. The molecule has 16 heavy (non-hydrogen) atoms. The summed E-state index contributed by atoms with van der Waals surface area (Å²) in [5.74, 6) is 0. The zero-order valence-corrected chi connectivity index (χ0v) is 14.1. The molecule has 0 saturated carbocycles. The lowest BCUT2D eigenvalue weighted by Crippen LogP contribution is -2.27. The van der Waals surface area contributed by atoms with Crippen LogP contribution in [-0.2, 0) is 12.8 Å². The van der Waals surface area contributed by atoms with Crippen molar-refractivity contribution < 1.29 is 0 Å². The highest BCUT2D eigenvalue weighted by Crippen LogP contribution is 2.35. The van der Waals surface area contributed by atoms with Crippen LogP contribution < -0.4 is 0 Å². The molecule has 92 valence electrons. The van der Waals surface area contributed by atoms with Crippen LogP contribution >= 0.6 is 43.2 Å². The first-order valence-corrected chi connectivity index (χ1v) is 8.95. The fourth-order valence-electron chi connectivity index (χ4n) is 1.96. The largest absolute Gasteiger partial charge is 0.145 e. The molecule has 0 atom stereocenters. The molecule has 1 heterocycles. The van der Waals surface area contributed by atoms with Crippen LogP contribution in [0.2, 0.25) is 0 Å². The summed E-state index contributed by atoms with van der Waals surface area (Å²) in [6, 6.07) is 4.58. The van der Waals surface area contributed by atoms with Gasteiger partial charge in [0.15, 0.2) is 0 Å². The molecule has 0 aliphatic rings. The molecule has 3 heteroatoms. The lowest BCUT2D eigenvalue weighted by atomic mass is 9.84. The maximum Gasteiger partial charge on any atom is 0.00994 e. The highest BCUT2D eigenvalue weighted by atomic mass is 79.9. The summed E-state index contributed by atoms with van der Waals surface area (Å²) in [4.78, 5) is 3.04. The van der Waals surface area contributed by atoms with Crippen molar-refractivity contribution in [2.75, 3.05) is 10.7 Å². The van der Waals surface area contributed by atoms with Crippen LogP contribution in [0.5, 0.6) is 0 Å². The molecule has 0 radical (unpaired) electrons. The molecular formula is C13H20Br2S. The van der Waals surface area contributed by atoms with Gasteiger partial charge in [-0.2, -0.15) is 0 Å². The van der Waals surface area contributed by atoms with Gasteiger partial charge in [0.25, 0.3) is 0 Å². The number of rotatable bonds is 7. The average molecular weight is 368 g/mol. The van der Waals surface area contributed by atoms with Crippen molar-refractivity contribution in [3.63, 3.8) is 0 Å². The lowest BCUT2D eigenvalue weighted by molar-refractivity contribution is 0.354. The molecule has 1 rings (SSSR count). The minimum absolute atomic E-state index is 0.393. The second-order valence-corrected chi connectivity index (χ2v) is 6.79. The Kier molecular flexibility index (Phi) is 6.60. The fraction of sp³-hybridized carbons (Fsp3) is 0.692. The van der Waals surface area contributed by atoms with Crippen LogP contribution in [0.1, 0.15) is 36.4 Å². The Hall–Kier alpha value is 0.660. The molecule has 0 unspecified atom stereocenters. The summed E-state index contributed by atoms with van der Waals surface area (Å²) in [7, 11) is 0. The van der Waals surface area contributed by atoms with Gasteiger partial charge in [-0.1, -0.05) is 52.1 Å². The van der Waals surface area contributed by atoms with Crippen LogP contribution in [0.4, 0.5) is 0 Å². The van der Waals surface area contributed by atoms with Gasteiger partial charge in [0.2, 0.25) is 0 Å². The van der Waals surface area contributed by atoms with E-state index in [1.54, 1.807) is 0 Å². The molecule has 0 aromatic carbocycles. The van der Waals surface area contributed by atoms with Crippen LogP contribution in [0.25, 0.3) is 0 Å². The first-order chi connectivity index (χ1) is 7.69. The van der Waals surface area contributed by atoms with Crippen molar-refractivity contribution in [3.05, 3.63) is 21.9 Å². The Labute approximate surface area is 120 Å². The summed E-state index contributed by atoms with van der Waals surface area (Å²) in [6.45, 7) is 4.50. The maximum atomic E-state index is 3.69. The Bertz CT molecular complexity index is 303. The second kappa shape index (κ2) is 7.17. The van der Waals surface area contributed by atoms with Crippen molar-refractivity contribution in [1.29, 1.82) is 0 Å². The first-order valence-electron chi connectivity index (χ1n) is 5.89. The van der Waals surface area contributed by atoms with Crippen LogP contribution in [0.15, 0.2) is 12.1 Å². The van der Waals surface area contributed by atoms with Gasteiger partial charge in [0.1, 0.15) is 0 Å². The smallest absolute Gasteiger partial charge is 0.00994 e. The van der Waals surface area contributed by atoms with Gasteiger partial charge >= 0.3 is 0 Å². The summed E-state index contributed by atoms with van der Waals surface area (Å²) in [5.41, 5.74) is 0.393. The quantitative estimate of drug-likeness (QED) is 0.563. The molecule has 1 aromatic heterocycles. The molecule has 0 saturated heterocycles. The Morgan fingerprint density at radius 1 is 1.12 bits per heavy atom. The van der Waals surface area contributed by atoms with E-state index in [0.29, 0.717) is 5.41 Å². The van der Waals surface area contributed by atoms with E-state index in [9.17, 15) is 0 Å². The molecule has 0 fully saturated rings. The molecule has 0 nitrogen and oxygen atoms in total. The number of hydrogen-bond donors (Lipinski definition) is 0. The minimum Gasteiger partial charge on any atom is -0.145 e. The zero-order chi connectivity index (χ0) is 12.0. The molecule has 0 N–H and O–H groups in total. The van der Waals surface area contributed by atoms with Crippen molar-refractivity contribution in [2.45, 2.75) is 39.5 Å². The summed E-state index contributed by atoms with van der Waals surface area (Å²) in [6.07, 6.45) is 4.89. The SMILES string of the molecule is CCCC(CBr)(CBr)Cc1ccc(CC)s1. The normalized spacial score (nSPS) is 12.0. The molecule has 1 aromatic rings. The number of hydrogen-bond acceptors (Lipinski definition) is 1. The van der Waals surface area contributed by atoms with Gasteiger partial charge in [0, 0.05) is 20.4 Å². The maximum absolute atomic E-state index is 3.69. The standard InChI is InChI=1S/C13H20Br2S/c1-3-7-13(9-14,10-15)8-12-6-5-11(4-2)16-12/h5-6H,3-4,7-10H2,1-2H3. The number of alkyl halides is 2. The summed E-state index contributed by atoms with van der Waals surface area (Å²) >= 11 is 9.36. The van der Waals surface area contributed by atoms with E-state index in [0.717, 1.165) is 17.1 Å². The number of aryl methyl sites for hydroxylation is 1. The van der Waals surface area contributed by atoms with Gasteiger partial charge in [-0.3, -0.25) is 0 Å². The van der Waals surface area contributed by atoms with E-state index in [2.05, 4.69) is 57.8 Å². The zero-order valence-electron chi connectivity index (χ0n) is 10.1. The molecule has 0 bridgehead atoms. The third-order valence-electron chi connectivity index (χ3n) is 2.96. The van der Waals surface area contributed by atoms with Crippen molar-refractivity contribution >= 4 is 43.2 Å². The lowest BCUT2D eigenvalue weighted by Gasteiger charge is -2.29. The topological polar surface area (TPSA) is 0 Å². The van der Waals surface area contributed by atoms with Crippen molar-refractivity contribution in [2.24, 2.45) is 5.41 Å². The van der Waals surface area contributed by atoms with E-state index in [4.69, 9.17) is 0 Å². The Morgan fingerprint density at radius 3 is 2.19 bits per heavy atom. The summed E-state index contributed by atoms with van der Waals surface area (Å²) in [5, 5.41) is 2.16. The van der Waals surface area contributed by atoms with Gasteiger partial charge in [0.05, 0.1) is 0 Å². The molecule has 0 aliphatic carbocycles. The fourth-order valence-corrected chi connectivity index (χ4v) is 4.98. The van der Waals surface area contributed by atoms with Gasteiger partial charge in [-0.15, -0.1) is 11.3 Å². The van der Waals surface area contributed by atoms with Crippen LogP contribution in [0.3, 0.4) is 0 Å². The number of halogens is 2. The monoisotopic (exact) mass is 366 g/mol. The van der Waals surface area contributed by atoms with Gasteiger partial charge in [-0.05, 0) is 36.8 Å². The molecule has 0 spiro atoms. The minimum atomic E-state index is 0.393. The highest BCUT2D eigenvalue weighted by Gasteiger charge is 2.27. The van der Waals surface area contributed by atoms with Crippen LogP contribution in [0, 0.1) is 5.41 Å². The third-order valence-corrected chi connectivity index (χ3v) is 6.57. The van der Waals surface area contributed by atoms with E-state index in [1.165, 1.54) is 29.0 Å². The molecule has 0 aliphatic heterocycles. The highest BCUT2D eigenvalue weighted by molar-refractivity contribution is 9.09. The second-order valence-electron chi connectivity index (χ2n) is 4.42.